The van der Waals surface area contributed by atoms with E-state index in [0.29, 0.717) is 0 Å². The van der Waals surface area contributed by atoms with Crippen molar-refractivity contribution >= 4 is 11.9 Å². The number of hydrogen-bond donors (Lipinski definition) is 3. The highest BCUT2D eigenvalue weighted by molar-refractivity contribution is 5.89. The minimum Gasteiger partial charge on any atom is -0.465 e. The molecule has 20 heavy (non-hydrogen) atoms. The van der Waals surface area contributed by atoms with Gasteiger partial charge >= 0.3 is 5.97 Å². The lowest BCUT2D eigenvalue weighted by Crippen LogP contribution is -2.34. The summed E-state index contributed by atoms with van der Waals surface area (Å²) < 4.78 is 18.5. The molecule has 0 spiro atoms. The van der Waals surface area contributed by atoms with Gasteiger partial charge in [0.05, 0.1) is 12.7 Å². The zero-order valence-corrected chi connectivity index (χ0v) is 11.1. The first-order valence-corrected chi connectivity index (χ1v) is 5.85. The highest BCUT2D eigenvalue weighted by atomic mass is 19.1. The third-order valence-electron chi connectivity index (χ3n) is 2.68. The number of carbonyl (C=O) groups is 2. The van der Waals surface area contributed by atoms with Crippen molar-refractivity contribution in [1.82, 2.24) is 5.32 Å². The lowest BCUT2D eigenvalue weighted by molar-refractivity contribution is -0.119. The van der Waals surface area contributed by atoms with Gasteiger partial charge in [0.1, 0.15) is 18.0 Å². The van der Waals surface area contributed by atoms with Crippen LogP contribution in [-0.2, 0) is 9.53 Å². The van der Waals surface area contributed by atoms with E-state index in [2.05, 4.69) is 10.1 Å². The van der Waals surface area contributed by atoms with Gasteiger partial charge in [-0.2, -0.15) is 0 Å². The first-order chi connectivity index (χ1) is 9.38. The summed E-state index contributed by atoms with van der Waals surface area (Å²) in [6, 6.07) is 3.81. The molecule has 1 aromatic rings. The van der Waals surface area contributed by atoms with Crippen molar-refractivity contribution in [3.8, 4) is 0 Å². The van der Waals surface area contributed by atoms with E-state index in [-0.39, 0.29) is 23.6 Å². The van der Waals surface area contributed by atoms with Gasteiger partial charge in [-0.3, -0.25) is 4.79 Å². The topological polar surface area (TPSA) is 95.9 Å². The normalized spacial score (nSPS) is 13.4. The molecule has 1 rings (SSSR count). The standard InChI is InChI=1S/C13H16FNO5/c1-7(16)15-6-10(17)12(18)8-4-3-5-9(11(8)14)13(19)20-2/h3-5,10,12,17-18H,6H2,1-2H3,(H,15,16). The molecule has 0 heterocycles. The summed E-state index contributed by atoms with van der Waals surface area (Å²) in [6.45, 7) is 1.01. The van der Waals surface area contributed by atoms with Crippen LogP contribution in [0.1, 0.15) is 28.9 Å². The maximum absolute atomic E-state index is 14.1. The van der Waals surface area contributed by atoms with Gasteiger partial charge in [-0.25, -0.2) is 9.18 Å². The second kappa shape index (κ2) is 6.97. The fourth-order valence-corrected chi connectivity index (χ4v) is 1.61. The van der Waals surface area contributed by atoms with Crippen molar-refractivity contribution < 1.29 is 28.9 Å². The van der Waals surface area contributed by atoms with Crippen LogP contribution in [0.5, 0.6) is 0 Å². The molecule has 2 unspecified atom stereocenters. The summed E-state index contributed by atoms with van der Waals surface area (Å²) in [5.41, 5.74) is -0.582. The fourth-order valence-electron chi connectivity index (χ4n) is 1.61. The molecule has 1 aromatic carbocycles. The fraction of sp³-hybridized carbons (Fsp3) is 0.385. The minimum atomic E-state index is -1.58. The number of benzene rings is 1. The Morgan fingerprint density at radius 2 is 2.05 bits per heavy atom. The van der Waals surface area contributed by atoms with Gasteiger partial charge in [0.2, 0.25) is 5.91 Å². The van der Waals surface area contributed by atoms with Gasteiger partial charge in [-0.05, 0) is 6.07 Å². The smallest absolute Gasteiger partial charge is 0.340 e. The van der Waals surface area contributed by atoms with Crippen LogP contribution in [0.4, 0.5) is 4.39 Å². The molecule has 0 radical (unpaired) electrons. The van der Waals surface area contributed by atoms with Gasteiger partial charge < -0.3 is 20.3 Å². The first-order valence-electron chi connectivity index (χ1n) is 5.85. The summed E-state index contributed by atoms with van der Waals surface area (Å²) in [7, 11) is 1.11. The summed E-state index contributed by atoms with van der Waals surface area (Å²) in [5, 5.41) is 21.9. The largest absolute Gasteiger partial charge is 0.465 e. The van der Waals surface area contributed by atoms with Crippen LogP contribution in [0.3, 0.4) is 0 Å². The Morgan fingerprint density at radius 1 is 1.40 bits per heavy atom. The molecule has 0 aromatic heterocycles. The maximum Gasteiger partial charge on any atom is 0.340 e. The third kappa shape index (κ3) is 3.75. The number of aliphatic hydroxyl groups excluding tert-OH is 2. The predicted octanol–water partition coefficient (Wildman–Crippen LogP) is 0.143. The molecule has 1 amide bonds. The number of ether oxygens (including phenoxy) is 1. The molecule has 0 aliphatic rings. The quantitative estimate of drug-likeness (QED) is 0.669. The second-order valence-electron chi connectivity index (χ2n) is 4.15. The number of amides is 1. The first kappa shape index (κ1) is 16.1. The van der Waals surface area contributed by atoms with Gasteiger partial charge in [-0.1, -0.05) is 12.1 Å². The van der Waals surface area contributed by atoms with Gasteiger partial charge in [0.15, 0.2) is 0 Å². The predicted molar refractivity (Wildman–Crippen MR) is 67.4 cm³/mol. The van der Waals surface area contributed by atoms with Crippen molar-refractivity contribution in [2.24, 2.45) is 0 Å². The number of hydrogen-bond acceptors (Lipinski definition) is 5. The average molecular weight is 285 g/mol. The second-order valence-corrected chi connectivity index (χ2v) is 4.15. The molecule has 6 nitrogen and oxygen atoms in total. The lowest BCUT2D eigenvalue weighted by atomic mass is 10.0. The van der Waals surface area contributed by atoms with Crippen molar-refractivity contribution in [2.75, 3.05) is 13.7 Å². The summed E-state index contributed by atoms with van der Waals surface area (Å²) in [5.74, 6) is -2.23. The summed E-state index contributed by atoms with van der Waals surface area (Å²) in [6.07, 6.45) is -2.98. The highest BCUT2D eigenvalue weighted by Crippen LogP contribution is 2.23. The number of methoxy groups -OCH3 is 1. The van der Waals surface area contributed by atoms with Crippen LogP contribution in [0, 0.1) is 5.82 Å². The van der Waals surface area contributed by atoms with Crippen molar-refractivity contribution in [3.63, 3.8) is 0 Å². The van der Waals surface area contributed by atoms with Crippen LogP contribution < -0.4 is 5.32 Å². The monoisotopic (exact) mass is 285 g/mol. The number of esters is 1. The SMILES string of the molecule is COC(=O)c1cccc(C(O)C(O)CNC(C)=O)c1F. The van der Waals surface area contributed by atoms with Crippen LogP contribution >= 0.6 is 0 Å². The Kier molecular flexibility index (Phi) is 5.60. The van der Waals surface area contributed by atoms with Crippen molar-refractivity contribution in [3.05, 3.63) is 35.1 Å². The Balaban J connectivity index is 2.95. The Bertz CT molecular complexity index is 506. The molecule has 0 saturated carbocycles. The molecule has 0 bridgehead atoms. The molecule has 110 valence electrons. The van der Waals surface area contributed by atoms with Crippen LogP contribution in [0.15, 0.2) is 18.2 Å². The number of nitrogens with one attached hydrogen (secondary N) is 1. The van der Waals surface area contributed by atoms with Crippen molar-refractivity contribution in [1.29, 1.82) is 0 Å². The molecule has 0 aliphatic carbocycles. The third-order valence-corrected chi connectivity index (χ3v) is 2.68. The minimum absolute atomic E-state index is 0.238. The van der Waals surface area contributed by atoms with E-state index in [1.807, 2.05) is 0 Å². The summed E-state index contributed by atoms with van der Waals surface area (Å²) >= 11 is 0. The van der Waals surface area contributed by atoms with E-state index in [1.165, 1.54) is 25.1 Å². The van der Waals surface area contributed by atoms with Gasteiger partial charge in [0, 0.05) is 19.0 Å². The molecule has 3 N–H and O–H groups in total. The number of halogens is 1. The van der Waals surface area contributed by atoms with Crippen molar-refractivity contribution in [2.45, 2.75) is 19.1 Å². The molecule has 0 aliphatic heterocycles. The Labute approximate surface area is 115 Å². The van der Waals surface area contributed by atoms with E-state index in [1.54, 1.807) is 0 Å². The lowest BCUT2D eigenvalue weighted by Gasteiger charge is -2.19. The molecule has 7 heteroatoms. The Hall–Kier alpha value is -1.99. The van der Waals surface area contributed by atoms with E-state index < -0.39 is 24.0 Å². The Morgan fingerprint density at radius 3 is 2.60 bits per heavy atom. The van der Waals surface area contributed by atoms with E-state index in [4.69, 9.17) is 0 Å². The molecule has 0 saturated heterocycles. The van der Waals surface area contributed by atoms with Crippen LogP contribution in [-0.4, -0.2) is 41.8 Å². The van der Waals surface area contributed by atoms with Crippen LogP contribution in [0.25, 0.3) is 0 Å². The molecular formula is C13H16FNO5. The average Bonchev–Trinajstić information content (AvgIpc) is 2.43. The zero-order chi connectivity index (χ0) is 15.3. The zero-order valence-electron chi connectivity index (χ0n) is 11.1. The number of carbonyl (C=O) groups excluding carboxylic acids is 2. The van der Waals surface area contributed by atoms with E-state index >= 15 is 0 Å². The van der Waals surface area contributed by atoms with Gasteiger partial charge in [-0.15, -0.1) is 0 Å². The molecular weight excluding hydrogens is 269 g/mol. The van der Waals surface area contributed by atoms with Crippen LogP contribution in [0.2, 0.25) is 0 Å². The molecule has 2 atom stereocenters. The van der Waals surface area contributed by atoms with E-state index in [9.17, 15) is 24.2 Å². The highest BCUT2D eigenvalue weighted by Gasteiger charge is 2.25. The van der Waals surface area contributed by atoms with Gasteiger partial charge in [0.25, 0.3) is 0 Å². The maximum atomic E-state index is 14.1. The number of rotatable bonds is 5. The van der Waals surface area contributed by atoms with E-state index in [0.717, 1.165) is 7.11 Å². The number of aliphatic hydroxyl groups is 2. The molecule has 0 fully saturated rings. The summed E-state index contributed by atoms with van der Waals surface area (Å²) in [4.78, 5) is 22.0.